The molecule has 0 aromatic heterocycles. The van der Waals surface area contributed by atoms with E-state index in [0.717, 1.165) is 0 Å². The molecule has 0 saturated carbocycles. The molecule has 3 rings (SSSR count). The molecule has 2 fully saturated rings. The zero-order valence-electron chi connectivity index (χ0n) is 15.7. The number of nitrogens with zero attached hydrogens (tertiary/aromatic N) is 2. The van der Waals surface area contributed by atoms with E-state index in [2.05, 4.69) is 0 Å². The van der Waals surface area contributed by atoms with Crippen LogP contribution in [0.25, 0.3) is 0 Å². The largest absolute Gasteiger partial charge is 0.496 e. The summed E-state index contributed by atoms with van der Waals surface area (Å²) in [6, 6.07) is 5.15. The molecule has 1 atom stereocenters. The van der Waals surface area contributed by atoms with Crippen molar-refractivity contribution in [3.63, 3.8) is 0 Å². The molecule has 8 nitrogen and oxygen atoms in total. The first-order chi connectivity index (χ1) is 12.9. The lowest BCUT2D eigenvalue weighted by Crippen LogP contribution is -2.57. The molecule has 0 unspecified atom stereocenters. The molecule has 0 bridgehead atoms. The average Bonchev–Trinajstić information content (AvgIpc) is 2.92. The molecule has 0 radical (unpaired) electrons. The van der Waals surface area contributed by atoms with Crippen LogP contribution in [0.2, 0.25) is 0 Å². The van der Waals surface area contributed by atoms with Crippen molar-refractivity contribution < 1.29 is 29.0 Å². The summed E-state index contributed by atoms with van der Waals surface area (Å²) in [5.41, 5.74) is -0.381. The molecule has 1 aromatic rings. The third-order valence-corrected chi connectivity index (χ3v) is 5.93. The zero-order valence-corrected chi connectivity index (χ0v) is 15.7. The summed E-state index contributed by atoms with van der Waals surface area (Å²) < 4.78 is 10.6. The standard InChI is InChI=1S/C19H24N2O6/c1-20-15(22)11-12(18(24)25)19(20)7-9-21(10-8-19)17(23)16-13(26-2)5-4-6-14(16)27-3/h4-6,12H,7-11H2,1-3H3,(H,24,25)/t12-/m0/s1. The fraction of sp³-hybridized carbons (Fsp3) is 0.526. The topological polar surface area (TPSA) is 96.4 Å². The van der Waals surface area contributed by atoms with Crippen molar-refractivity contribution in [3.8, 4) is 11.5 Å². The predicted molar refractivity (Wildman–Crippen MR) is 95.9 cm³/mol. The normalized spacial score (nSPS) is 21.4. The van der Waals surface area contributed by atoms with Crippen LogP contribution in [-0.2, 0) is 9.59 Å². The fourth-order valence-corrected chi connectivity index (χ4v) is 4.30. The fourth-order valence-electron chi connectivity index (χ4n) is 4.30. The van der Waals surface area contributed by atoms with Crippen LogP contribution in [-0.4, -0.2) is 72.6 Å². The summed E-state index contributed by atoms with van der Waals surface area (Å²) in [6.45, 7) is 0.725. The third kappa shape index (κ3) is 2.98. The van der Waals surface area contributed by atoms with Crippen LogP contribution in [0, 0.1) is 5.92 Å². The summed E-state index contributed by atoms with van der Waals surface area (Å²) in [6.07, 6.45) is 0.866. The molecule has 1 aromatic carbocycles. The second kappa shape index (κ2) is 7.09. The Morgan fingerprint density at radius 2 is 1.70 bits per heavy atom. The Labute approximate surface area is 157 Å². The van der Waals surface area contributed by atoms with Crippen molar-refractivity contribution in [1.82, 2.24) is 9.80 Å². The van der Waals surface area contributed by atoms with E-state index < -0.39 is 17.4 Å². The molecule has 1 N–H and O–H groups in total. The highest BCUT2D eigenvalue weighted by Crippen LogP contribution is 2.43. The monoisotopic (exact) mass is 376 g/mol. The van der Waals surface area contributed by atoms with Crippen LogP contribution in [0.1, 0.15) is 29.6 Å². The minimum absolute atomic E-state index is 0.0140. The van der Waals surface area contributed by atoms with Gasteiger partial charge in [0.15, 0.2) is 0 Å². The first-order valence-corrected chi connectivity index (χ1v) is 8.85. The van der Waals surface area contributed by atoms with Gasteiger partial charge in [0.25, 0.3) is 5.91 Å². The van der Waals surface area contributed by atoms with E-state index >= 15 is 0 Å². The van der Waals surface area contributed by atoms with Gasteiger partial charge in [-0.3, -0.25) is 14.4 Å². The van der Waals surface area contributed by atoms with E-state index in [0.29, 0.717) is 43.0 Å². The lowest BCUT2D eigenvalue weighted by molar-refractivity contribution is -0.145. The molecule has 1 spiro atoms. The summed E-state index contributed by atoms with van der Waals surface area (Å²) in [5, 5.41) is 9.56. The molecule has 27 heavy (non-hydrogen) atoms. The van der Waals surface area contributed by atoms with E-state index in [4.69, 9.17) is 9.47 Å². The van der Waals surface area contributed by atoms with Crippen molar-refractivity contribution in [2.75, 3.05) is 34.4 Å². The van der Waals surface area contributed by atoms with Crippen LogP contribution >= 0.6 is 0 Å². The Morgan fingerprint density at radius 3 is 2.19 bits per heavy atom. The molecule has 2 aliphatic heterocycles. The van der Waals surface area contributed by atoms with Gasteiger partial charge in [-0.2, -0.15) is 0 Å². The zero-order chi connectivity index (χ0) is 19.8. The summed E-state index contributed by atoms with van der Waals surface area (Å²) in [5.74, 6) is -1.23. The Hall–Kier alpha value is -2.77. The number of likely N-dealkylation sites (tertiary alicyclic amines) is 2. The van der Waals surface area contributed by atoms with Gasteiger partial charge in [0.05, 0.1) is 25.7 Å². The van der Waals surface area contributed by atoms with E-state index in [-0.39, 0.29) is 18.2 Å². The minimum Gasteiger partial charge on any atom is -0.496 e. The van der Waals surface area contributed by atoms with Crippen molar-refractivity contribution in [1.29, 1.82) is 0 Å². The Balaban J connectivity index is 1.83. The maximum Gasteiger partial charge on any atom is 0.309 e. The second-order valence-electron chi connectivity index (χ2n) is 6.98. The number of hydrogen-bond donors (Lipinski definition) is 1. The van der Waals surface area contributed by atoms with Crippen LogP contribution in [0.4, 0.5) is 0 Å². The molecular weight excluding hydrogens is 352 g/mol. The lowest BCUT2D eigenvalue weighted by Gasteiger charge is -2.45. The van der Waals surface area contributed by atoms with E-state index in [1.54, 1.807) is 35.0 Å². The van der Waals surface area contributed by atoms with Crippen LogP contribution in [0.15, 0.2) is 18.2 Å². The maximum atomic E-state index is 13.1. The quantitative estimate of drug-likeness (QED) is 0.849. The number of carbonyl (C=O) groups is 3. The summed E-state index contributed by atoms with van der Waals surface area (Å²) in [4.78, 5) is 40.1. The third-order valence-electron chi connectivity index (χ3n) is 5.93. The number of aliphatic carboxylic acids is 1. The molecule has 2 aliphatic rings. The number of ether oxygens (including phenoxy) is 2. The van der Waals surface area contributed by atoms with Crippen LogP contribution in [0.3, 0.4) is 0 Å². The molecule has 2 heterocycles. The number of benzene rings is 1. The van der Waals surface area contributed by atoms with Gasteiger partial charge in [-0.1, -0.05) is 6.07 Å². The van der Waals surface area contributed by atoms with Gasteiger partial charge in [-0.15, -0.1) is 0 Å². The van der Waals surface area contributed by atoms with Gasteiger partial charge in [-0.25, -0.2) is 0 Å². The number of methoxy groups -OCH3 is 2. The molecule has 2 saturated heterocycles. The molecule has 2 amide bonds. The van der Waals surface area contributed by atoms with Crippen molar-refractivity contribution in [2.45, 2.75) is 24.8 Å². The van der Waals surface area contributed by atoms with E-state index in [9.17, 15) is 19.5 Å². The van der Waals surface area contributed by atoms with Crippen LogP contribution in [0.5, 0.6) is 11.5 Å². The van der Waals surface area contributed by atoms with Gasteiger partial charge >= 0.3 is 5.97 Å². The predicted octanol–water partition coefficient (Wildman–Crippen LogP) is 1.24. The molecule has 0 aliphatic carbocycles. The van der Waals surface area contributed by atoms with Gasteiger partial charge in [0, 0.05) is 26.6 Å². The number of carboxylic acid groups (broad SMARTS) is 1. The average molecular weight is 376 g/mol. The number of piperidine rings is 1. The highest BCUT2D eigenvalue weighted by molar-refractivity contribution is 6.00. The molecule has 146 valence electrons. The van der Waals surface area contributed by atoms with Gasteiger partial charge < -0.3 is 24.4 Å². The maximum absolute atomic E-state index is 13.1. The second-order valence-corrected chi connectivity index (χ2v) is 6.98. The summed E-state index contributed by atoms with van der Waals surface area (Å²) in [7, 11) is 4.65. The number of carboxylic acids is 1. The molecular formula is C19H24N2O6. The first-order valence-electron chi connectivity index (χ1n) is 8.85. The van der Waals surface area contributed by atoms with Gasteiger partial charge in [-0.05, 0) is 25.0 Å². The highest BCUT2D eigenvalue weighted by Gasteiger charge is 2.55. The Bertz CT molecular complexity index is 747. The number of amides is 2. The van der Waals surface area contributed by atoms with E-state index in [1.807, 2.05) is 0 Å². The van der Waals surface area contributed by atoms with E-state index in [1.165, 1.54) is 14.2 Å². The number of carbonyl (C=O) groups excluding carboxylic acids is 2. The Kier molecular flexibility index (Phi) is 4.99. The van der Waals surface area contributed by atoms with Crippen molar-refractivity contribution in [2.24, 2.45) is 5.92 Å². The van der Waals surface area contributed by atoms with Gasteiger partial charge in [0.2, 0.25) is 5.91 Å². The number of hydrogen-bond acceptors (Lipinski definition) is 5. The lowest BCUT2D eigenvalue weighted by atomic mass is 9.77. The smallest absolute Gasteiger partial charge is 0.309 e. The van der Waals surface area contributed by atoms with Crippen LogP contribution < -0.4 is 9.47 Å². The Morgan fingerprint density at radius 1 is 1.15 bits per heavy atom. The minimum atomic E-state index is -0.959. The SMILES string of the molecule is COc1cccc(OC)c1C(=O)N1CCC2(CC1)[C@H](C(=O)O)CC(=O)N2C. The highest BCUT2D eigenvalue weighted by atomic mass is 16.5. The van der Waals surface area contributed by atoms with Crippen molar-refractivity contribution >= 4 is 17.8 Å². The van der Waals surface area contributed by atoms with Gasteiger partial charge in [0.1, 0.15) is 17.1 Å². The van der Waals surface area contributed by atoms with Crippen molar-refractivity contribution in [3.05, 3.63) is 23.8 Å². The molecule has 8 heteroatoms. The number of rotatable bonds is 4. The first kappa shape index (κ1) is 19.0. The summed E-state index contributed by atoms with van der Waals surface area (Å²) >= 11 is 0.